The maximum Gasteiger partial charge on any atom is 0.472 e. The molecule has 0 fully saturated rings. The summed E-state index contributed by atoms with van der Waals surface area (Å²) >= 11 is 1.77. The summed E-state index contributed by atoms with van der Waals surface area (Å²) in [6.07, 6.45) is 20.1. The highest BCUT2D eigenvalue weighted by atomic mass is 32.2. The summed E-state index contributed by atoms with van der Waals surface area (Å²) in [5.74, 6) is 1.63. The average molecular weight is 568 g/mol. The van der Waals surface area contributed by atoms with Crippen LogP contribution in [0, 0.1) is 0 Å². The summed E-state index contributed by atoms with van der Waals surface area (Å²) < 4.78 is 23.2. The van der Waals surface area contributed by atoms with Crippen LogP contribution in [0.15, 0.2) is 0 Å². The maximum absolute atomic E-state index is 12.2. The molecule has 0 aromatic heterocycles. The Labute approximate surface area is 233 Å². The van der Waals surface area contributed by atoms with Crippen molar-refractivity contribution in [3.05, 3.63) is 0 Å². The van der Waals surface area contributed by atoms with Crippen LogP contribution < -0.4 is 5.32 Å². The second-order valence-corrected chi connectivity index (χ2v) is 13.9. The molecule has 0 heterocycles. The molecule has 2 N–H and O–H groups in total. The van der Waals surface area contributed by atoms with E-state index in [9.17, 15) is 14.3 Å². The number of quaternary nitrogens is 1. The maximum atomic E-state index is 12.2. The predicted molar refractivity (Wildman–Crippen MR) is 159 cm³/mol. The first-order valence-corrected chi connectivity index (χ1v) is 17.5. The number of thioether (sulfide) groups is 1. The van der Waals surface area contributed by atoms with Gasteiger partial charge in [-0.1, -0.05) is 97.3 Å². The molecule has 0 aliphatic heterocycles. The molecule has 9 heteroatoms. The SMILES string of the molecule is CCCCCCCCCCCCCCCCSC[C@H](COP(=O)(O)OCC[N+](C)(C)C)NC(=O)CCC. The zero-order chi connectivity index (χ0) is 27.8. The van der Waals surface area contributed by atoms with Crippen LogP contribution in [0.5, 0.6) is 0 Å². The molecule has 37 heavy (non-hydrogen) atoms. The van der Waals surface area contributed by atoms with Crippen molar-refractivity contribution >= 4 is 25.5 Å². The lowest BCUT2D eigenvalue weighted by molar-refractivity contribution is -0.870. The van der Waals surface area contributed by atoms with Crippen molar-refractivity contribution in [2.75, 3.05) is 52.4 Å². The summed E-state index contributed by atoms with van der Waals surface area (Å²) in [5.41, 5.74) is 0. The summed E-state index contributed by atoms with van der Waals surface area (Å²) in [5, 5.41) is 2.95. The Balaban J connectivity index is 3.96. The molecule has 0 radical (unpaired) electrons. The number of hydrogen-bond acceptors (Lipinski definition) is 5. The zero-order valence-corrected chi connectivity index (χ0v) is 26.5. The van der Waals surface area contributed by atoms with E-state index in [0.29, 0.717) is 23.2 Å². The standard InChI is InChI=1S/C28H59N2O5PS/c1-6-8-9-10-11-12-13-14-15-16-17-18-19-20-24-37-26-27(29-28(31)21-7-2)25-35-36(32,33)34-23-22-30(3,4)5/h27H,6-26H2,1-5H3,(H-,29,31,32,33)/p+1/t27-/m0/s1. The number of hydrogen-bond donors (Lipinski definition) is 2. The number of phosphoric acid groups is 1. The largest absolute Gasteiger partial charge is 0.472 e. The van der Waals surface area contributed by atoms with E-state index in [0.717, 1.165) is 18.6 Å². The zero-order valence-electron chi connectivity index (χ0n) is 24.8. The first-order chi connectivity index (χ1) is 17.6. The molecule has 0 aromatic carbocycles. The normalized spacial score (nSPS) is 14.4. The van der Waals surface area contributed by atoms with Crippen LogP contribution in [0.25, 0.3) is 0 Å². The van der Waals surface area contributed by atoms with E-state index in [4.69, 9.17) is 9.05 Å². The number of phosphoric ester groups is 1. The number of nitrogens with one attached hydrogen (secondary N) is 1. The number of unbranched alkanes of at least 4 members (excludes halogenated alkanes) is 13. The van der Waals surface area contributed by atoms with Crippen LogP contribution >= 0.6 is 19.6 Å². The van der Waals surface area contributed by atoms with Crippen molar-refractivity contribution in [1.82, 2.24) is 5.32 Å². The topological polar surface area (TPSA) is 84.9 Å². The first kappa shape index (κ1) is 36.9. The highest BCUT2D eigenvalue weighted by Gasteiger charge is 2.25. The number of rotatable bonds is 27. The molecule has 2 atom stereocenters. The van der Waals surface area contributed by atoms with Crippen LogP contribution in [0.2, 0.25) is 0 Å². The third-order valence-electron chi connectivity index (χ3n) is 6.26. The minimum atomic E-state index is -4.14. The lowest BCUT2D eigenvalue weighted by atomic mass is 10.0. The van der Waals surface area contributed by atoms with Crippen molar-refractivity contribution in [3.63, 3.8) is 0 Å². The van der Waals surface area contributed by atoms with Crippen LogP contribution in [0.3, 0.4) is 0 Å². The molecule has 1 unspecified atom stereocenters. The lowest BCUT2D eigenvalue weighted by Crippen LogP contribution is -2.40. The number of likely N-dealkylation sites (N-methyl/N-ethyl adjacent to an activating group) is 1. The minimum Gasteiger partial charge on any atom is -0.350 e. The Bertz CT molecular complexity index is 589. The molecular weight excluding hydrogens is 507 g/mol. The summed E-state index contributed by atoms with van der Waals surface area (Å²) in [7, 11) is 1.82. The molecule has 1 amide bonds. The fraction of sp³-hybridized carbons (Fsp3) is 0.964. The van der Waals surface area contributed by atoms with Gasteiger partial charge in [0.05, 0.1) is 33.8 Å². The van der Waals surface area contributed by atoms with Crippen molar-refractivity contribution in [2.45, 2.75) is 123 Å². The fourth-order valence-electron chi connectivity index (χ4n) is 3.93. The van der Waals surface area contributed by atoms with E-state index in [-0.39, 0.29) is 25.2 Å². The smallest absolute Gasteiger partial charge is 0.350 e. The third-order valence-corrected chi connectivity index (χ3v) is 8.46. The van der Waals surface area contributed by atoms with Crippen molar-refractivity contribution in [1.29, 1.82) is 0 Å². The Kier molecular flexibility index (Phi) is 23.7. The molecule has 7 nitrogen and oxygen atoms in total. The average Bonchev–Trinajstić information content (AvgIpc) is 2.81. The molecular formula is C28H60N2O5PS+. The van der Waals surface area contributed by atoms with E-state index >= 15 is 0 Å². The van der Waals surface area contributed by atoms with Crippen LogP contribution in [0.1, 0.15) is 117 Å². The van der Waals surface area contributed by atoms with Gasteiger partial charge in [0.1, 0.15) is 13.2 Å². The van der Waals surface area contributed by atoms with Gasteiger partial charge in [0, 0.05) is 12.2 Å². The van der Waals surface area contributed by atoms with Gasteiger partial charge < -0.3 is 14.7 Å². The first-order valence-electron chi connectivity index (χ1n) is 14.9. The lowest BCUT2D eigenvalue weighted by Gasteiger charge is -2.24. The van der Waals surface area contributed by atoms with E-state index < -0.39 is 7.82 Å². The fourth-order valence-corrected chi connectivity index (χ4v) is 5.73. The van der Waals surface area contributed by atoms with E-state index in [1.54, 1.807) is 11.8 Å². The second kappa shape index (κ2) is 23.7. The van der Waals surface area contributed by atoms with Crippen LogP contribution in [0.4, 0.5) is 0 Å². The van der Waals surface area contributed by atoms with Crippen molar-refractivity contribution in [3.8, 4) is 0 Å². The quantitative estimate of drug-likeness (QED) is 0.0614. The molecule has 0 aliphatic rings. The number of nitrogens with zero attached hydrogens (tertiary/aromatic N) is 1. The predicted octanol–water partition coefficient (Wildman–Crippen LogP) is 7.33. The Morgan fingerprint density at radius 3 is 1.84 bits per heavy atom. The minimum absolute atomic E-state index is 0.0284. The molecule has 0 rings (SSSR count). The number of amides is 1. The summed E-state index contributed by atoms with van der Waals surface area (Å²) in [6.45, 7) is 4.93. The van der Waals surface area contributed by atoms with Gasteiger partial charge >= 0.3 is 7.82 Å². The van der Waals surface area contributed by atoms with E-state index in [2.05, 4.69) is 12.2 Å². The molecule has 0 saturated heterocycles. The third kappa shape index (κ3) is 27.3. The Morgan fingerprint density at radius 1 is 0.838 bits per heavy atom. The van der Waals surface area contributed by atoms with Gasteiger partial charge in [-0.25, -0.2) is 4.57 Å². The molecule has 0 bridgehead atoms. The van der Waals surface area contributed by atoms with Crippen LogP contribution in [-0.2, 0) is 18.4 Å². The summed E-state index contributed by atoms with van der Waals surface area (Å²) in [4.78, 5) is 22.1. The number of carbonyl (C=O) groups excluding carboxylic acids is 1. The number of carbonyl (C=O) groups is 1. The highest BCUT2D eigenvalue weighted by molar-refractivity contribution is 7.99. The van der Waals surface area contributed by atoms with Gasteiger partial charge in [0.2, 0.25) is 5.91 Å². The molecule has 0 aromatic rings. The van der Waals surface area contributed by atoms with Gasteiger partial charge in [0.25, 0.3) is 0 Å². The van der Waals surface area contributed by atoms with Gasteiger partial charge in [-0.3, -0.25) is 13.8 Å². The van der Waals surface area contributed by atoms with Gasteiger partial charge in [-0.05, 0) is 18.6 Å². The molecule has 0 aliphatic carbocycles. The van der Waals surface area contributed by atoms with Crippen LogP contribution in [-0.4, -0.2) is 73.7 Å². The second-order valence-electron chi connectivity index (χ2n) is 11.3. The van der Waals surface area contributed by atoms with Gasteiger partial charge in [-0.15, -0.1) is 0 Å². The molecule has 0 spiro atoms. The monoisotopic (exact) mass is 567 g/mol. The van der Waals surface area contributed by atoms with Crippen molar-refractivity contribution in [2.24, 2.45) is 0 Å². The Morgan fingerprint density at radius 2 is 1.35 bits per heavy atom. The van der Waals surface area contributed by atoms with E-state index in [1.807, 2.05) is 28.1 Å². The summed E-state index contributed by atoms with van der Waals surface area (Å²) in [6, 6.07) is -0.307. The Hall–Kier alpha value is -0.110. The molecule has 0 saturated carbocycles. The highest BCUT2D eigenvalue weighted by Crippen LogP contribution is 2.43. The van der Waals surface area contributed by atoms with Gasteiger partial charge in [-0.2, -0.15) is 11.8 Å². The van der Waals surface area contributed by atoms with E-state index in [1.165, 1.54) is 83.5 Å². The molecule has 222 valence electrons. The van der Waals surface area contributed by atoms with Gasteiger partial charge in [0.15, 0.2) is 0 Å². The van der Waals surface area contributed by atoms with Crippen molar-refractivity contribution < 1.29 is 27.8 Å².